The van der Waals surface area contributed by atoms with Crippen molar-refractivity contribution >= 4 is 0 Å². The van der Waals surface area contributed by atoms with E-state index in [1.807, 2.05) is 39.8 Å². The third-order valence-corrected chi connectivity index (χ3v) is 4.90. The number of benzene rings is 2. The molecule has 1 heteroatoms. The average Bonchev–Trinajstić information content (AvgIpc) is 2.68. The van der Waals surface area contributed by atoms with Gasteiger partial charge in [-0.25, -0.2) is 4.39 Å². The maximum absolute atomic E-state index is 13.7. The van der Waals surface area contributed by atoms with Crippen LogP contribution in [-0.4, -0.2) is 0 Å². The summed E-state index contributed by atoms with van der Waals surface area (Å²) in [5.74, 6) is 1.47. The second kappa shape index (κ2) is 11.1. The van der Waals surface area contributed by atoms with E-state index in [0.29, 0.717) is 11.5 Å². The summed E-state index contributed by atoms with van der Waals surface area (Å²) >= 11 is 0. The molecule has 0 N–H and O–H groups in total. The lowest BCUT2D eigenvalue weighted by atomic mass is 9.79. The Labute approximate surface area is 154 Å². The third-order valence-electron chi connectivity index (χ3n) is 4.90. The number of hydrogen-bond acceptors (Lipinski definition) is 0. The van der Waals surface area contributed by atoms with Crippen LogP contribution >= 0.6 is 0 Å². The van der Waals surface area contributed by atoms with Crippen LogP contribution in [0.2, 0.25) is 0 Å². The van der Waals surface area contributed by atoms with E-state index in [-0.39, 0.29) is 5.82 Å². The maximum Gasteiger partial charge on any atom is 0.126 e. The maximum atomic E-state index is 13.7. The summed E-state index contributed by atoms with van der Waals surface area (Å²) in [6.07, 6.45) is 5.30. The molecule has 0 heterocycles. The highest BCUT2D eigenvalue weighted by atomic mass is 19.1. The van der Waals surface area contributed by atoms with Gasteiger partial charge in [0.2, 0.25) is 0 Å². The van der Waals surface area contributed by atoms with Crippen molar-refractivity contribution in [3.05, 3.63) is 59.4 Å². The topological polar surface area (TPSA) is 0 Å². The van der Waals surface area contributed by atoms with Gasteiger partial charge in [-0.2, -0.15) is 0 Å². The number of aryl methyl sites for hydroxylation is 1. The Bertz CT molecular complexity index is 604. The highest BCUT2D eigenvalue weighted by molar-refractivity contribution is 5.64. The van der Waals surface area contributed by atoms with Crippen LogP contribution in [0, 0.1) is 18.7 Å². The minimum atomic E-state index is -0.127. The summed E-state index contributed by atoms with van der Waals surface area (Å²) in [7, 11) is 0. The fourth-order valence-corrected chi connectivity index (χ4v) is 3.31. The van der Waals surface area contributed by atoms with Crippen molar-refractivity contribution in [3.8, 4) is 11.1 Å². The molecule has 1 aliphatic rings. The molecular formula is C24H35F. The van der Waals surface area contributed by atoms with E-state index in [0.717, 1.165) is 17.0 Å². The molecule has 25 heavy (non-hydrogen) atoms. The Hall–Kier alpha value is -1.63. The van der Waals surface area contributed by atoms with Gasteiger partial charge in [-0.1, -0.05) is 83.9 Å². The molecule has 0 atom stereocenters. The first-order chi connectivity index (χ1) is 12.1. The minimum Gasteiger partial charge on any atom is -0.207 e. The largest absolute Gasteiger partial charge is 0.207 e. The number of hydrogen-bond donors (Lipinski definition) is 0. The molecule has 138 valence electrons. The Kier molecular flexibility index (Phi) is 9.49. The van der Waals surface area contributed by atoms with E-state index in [1.54, 1.807) is 13.0 Å². The summed E-state index contributed by atoms with van der Waals surface area (Å²) < 4.78 is 13.7. The third kappa shape index (κ3) is 5.99. The Morgan fingerprint density at radius 1 is 0.760 bits per heavy atom. The van der Waals surface area contributed by atoms with Gasteiger partial charge in [-0.3, -0.25) is 0 Å². The molecule has 0 aliphatic heterocycles. The molecule has 2 aromatic carbocycles. The van der Waals surface area contributed by atoms with Crippen LogP contribution in [-0.2, 0) is 0 Å². The first-order valence-electron chi connectivity index (χ1n) is 10.00. The van der Waals surface area contributed by atoms with Gasteiger partial charge in [-0.15, -0.1) is 0 Å². The molecule has 0 saturated heterocycles. The molecule has 0 nitrogen and oxygen atoms in total. The molecule has 1 aliphatic carbocycles. The van der Waals surface area contributed by atoms with Crippen molar-refractivity contribution in [2.45, 2.75) is 73.1 Å². The fraction of sp³-hybridized carbons (Fsp3) is 0.500. The van der Waals surface area contributed by atoms with Crippen LogP contribution in [0.15, 0.2) is 42.5 Å². The van der Waals surface area contributed by atoms with Gasteiger partial charge in [-0.05, 0) is 59.9 Å². The Morgan fingerprint density at radius 2 is 1.28 bits per heavy atom. The second-order valence-electron chi connectivity index (χ2n) is 6.54. The lowest BCUT2D eigenvalue weighted by Gasteiger charge is -2.26. The Balaban J connectivity index is 0.000000730. The van der Waals surface area contributed by atoms with Crippen LogP contribution < -0.4 is 0 Å². The zero-order valence-corrected chi connectivity index (χ0v) is 16.9. The molecule has 3 rings (SSSR count). The highest BCUT2D eigenvalue weighted by Crippen LogP contribution is 2.36. The van der Waals surface area contributed by atoms with Crippen molar-refractivity contribution in [1.29, 1.82) is 0 Å². The lowest BCUT2D eigenvalue weighted by molar-refractivity contribution is 0.348. The summed E-state index contributed by atoms with van der Waals surface area (Å²) in [6.45, 7) is 12.2. The van der Waals surface area contributed by atoms with Gasteiger partial charge >= 0.3 is 0 Å². The molecule has 0 radical (unpaired) electrons. The zero-order valence-electron chi connectivity index (χ0n) is 16.9. The monoisotopic (exact) mass is 342 g/mol. The van der Waals surface area contributed by atoms with E-state index in [2.05, 4.69) is 31.2 Å². The standard InChI is InChI=1S/C20H23F.2C2H6/c1-14-3-6-16(7-4-14)17-9-11-18(12-10-17)19-8-5-15(2)20(21)13-19;2*1-2/h5,8-14,16H,3-4,6-7H2,1-2H3;2*1-2H3. The summed E-state index contributed by atoms with van der Waals surface area (Å²) in [4.78, 5) is 0. The van der Waals surface area contributed by atoms with Crippen LogP contribution in [0.3, 0.4) is 0 Å². The number of halogens is 1. The summed E-state index contributed by atoms with van der Waals surface area (Å²) in [5.41, 5.74) is 4.20. The van der Waals surface area contributed by atoms with E-state index >= 15 is 0 Å². The van der Waals surface area contributed by atoms with Crippen LogP contribution in [0.5, 0.6) is 0 Å². The van der Waals surface area contributed by atoms with E-state index < -0.39 is 0 Å². The van der Waals surface area contributed by atoms with Gasteiger partial charge in [0, 0.05) is 0 Å². The number of rotatable bonds is 2. The normalized spacial score (nSPS) is 19.2. The predicted molar refractivity (Wildman–Crippen MR) is 110 cm³/mol. The fourth-order valence-electron chi connectivity index (χ4n) is 3.31. The molecule has 0 spiro atoms. The van der Waals surface area contributed by atoms with Gasteiger partial charge < -0.3 is 0 Å². The van der Waals surface area contributed by atoms with E-state index in [4.69, 9.17) is 0 Å². The van der Waals surface area contributed by atoms with Gasteiger partial charge in [0.25, 0.3) is 0 Å². The zero-order chi connectivity index (χ0) is 18.8. The van der Waals surface area contributed by atoms with Crippen molar-refractivity contribution in [3.63, 3.8) is 0 Å². The Morgan fingerprint density at radius 3 is 1.80 bits per heavy atom. The SMILES string of the molecule is CC.CC.Cc1ccc(-c2ccc(C3CCC(C)CC3)cc2)cc1F. The van der Waals surface area contributed by atoms with Crippen LogP contribution in [0.1, 0.15) is 77.3 Å². The molecule has 0 bridgehead atoms. The smallest absolute Gasteiger partial charge is 0.126 e. The van der Waals surface area contributed by atoms with E-state index in [1.165, 1.54) is 31.2 Å². The first-order valence-corrected chi connectivity index (χ1v) is 10.00. The lowest BCUT2D eigenvalue weighted by Crippen LogP contribution is -2.10. The second-order valence-corrected chi connectivity index (χ2v) is 6.54. The van der Waals surface area contributed by atoms with E-state index in [9.17, 15) is 4.39 Å². The molecule has 0 aromatic heterocycles. The molecule has 1 saturated carbocycles. The van der Waals surface area contributed by atoms with Gasteiger partial charge in [0.15, 0.2) is 0 Å². The van der Waals surface area contributed by atoms with Crippen molar-refractivity contribution in [2.75, 3.05) is 0 Å². The van der Waals surface area contributed by atoms with Crippen LogP contribution in [0.25, 0.3) is 11.1 Å². The quantitative estimate of drug-likeness (QED) is 0.516. The molecule has 0 amide bonds. The first kappa shape index (κ1) is 21.4. The van der Waals surface area contributed by atoms with Crippen LogP contribution in [0.4, 0.5) is 4.39 Å². The van der Waals surface area contributed by atoms with Gasteiger partial charge in [0.1, 0.15) is 5.82 Å². The van der Waals surface area contributed by atoms with Gasteiger partial charge in [0.05, 0.1) is 0 Å². The average molecular weight is 343 g/mol. The molecule has 1 fully saturated rings. The van der Waals surface area contributed by atoms with Crippen molar-refractivity contribution in [1.82, 2.24) is 0 Å². The molecular weight excluding hydrogens is 307 g/mol. The highest BCUT2D eigenvalue weighted by Gasteiger charge is 2.19. The van der Waals surface area contributed by atoms with Crippen molar-refractivity contribution in [2.24, 2.45) is 5.92 Å². The van der Waals surface area contributed by atoms with Crippen molar-refractivity contribution < 1.29 is 4.39 Å². The minimum absolute atomic E-state index is 0.127. The molecule has 2 aromatic rings. The summed E-state index contributed by atoms with van der Waals surface area (Å²) in [5, 5.41) is 0. The predicted octanol–water partition coefficient (Wildman–Crippen LogP) is 8.15. The molecule has 0 unspecified atom stereocenters. The summed E-state index contributed by atoms with van der Waals surface area (Å²) in [6, 6.07) is 14.2.